The van der Waals surface area contributed by atoms with Gasteiger partial charge in [-0.15, -0.1) is 0 Å². The van der Waals surface area contributed by atoms with Gasteiger partial charge >= 0.3 is 0 Å². The third kappa shape index (κ3) is 3.42. The smallest absolute Gasteiger partial charge is 0.0619 e. The Morgan fingerprint density at radius 3 is 1.73 bits per heavy atom. The number of aromatic nitrogens is 2. The van der Waals surface area contributed by atoms with Crippen molar-refractivity contribution in [1.29, 1.82) is 0 Å². The fourth-order valence-corrected chi connectivity index (χ4v) is 7.71. The van der Waals surface area contributed by atoms with Crippen molar-refractivity contribution in [2.75, 3.05) is 0 Å². The normalized spacial score (nSPS) is 12.0. The Kier molecular flexibility index (Phi) is 5.03. The van der Waals surface area contributed by atoms with Crippen LogP contribution in [0.25, 0.3) is 93.5 Å². The minimum Gasteiger partial charge on any atom is -0.309 e. The number of hydrogen-bond donors (Lipinski definition) is 0. The Morgan fingerprint density at radius 1 is 0.378 bits per heavy atom. The lowest BCUT2D eigenvalue weighted by atomic mass is 9.91. The number of rotatable bonds is 3. The molecule has 0 unspecified atom stereocenters. The highest BCUT2D eigenvalue weighted by Gasteiger charge is 2.22. The van der Waals surface area contributed by atoms with Crippen LogP contribution in [-0.2, 0) is 0 Å². The predicted molar refractivity (Wildman–Crippen MR) is 189 cm³/mol. The predicted octanol–water partition coefficient (Wildman–Crippen LogP) is 11.5. The highest BCUT2D eigenvalue weighted by atomic mass is 15.0. The Bertz CT molecular complexity index is 2600. The average Bonchev–Trinajstić information content (AvgIpc) is 3.63. The maximum absolute atomic E-state index is 4.28. The minimum absolute atomic E-state index is 1.12. The standard InChI is InChI=1S/C43H26N2/c1-2-9-32-31(8-1)36-14-7-13-35-30(20-21-37(32)42(35)36)27-16-18-28(19-17-27)39-26-40-34-11-5-6-15-41(34)45(29-22-24-44-25-23-29)43(40)38-12-4-3-10-33(38)39/h1-26H. The summed E-state index contributed by atoms with van der Waals surface area (Å²) in [6.07, 6.45) is 3.74. The van der Waals surface area contributed by atoms with Gasteiger partial charge < -0.3 is 4.57 Å². The van der Waals surface area contributed by atoms with E-state index in [1.165, 1.54) is 87.9 Å². The summed E-state index contributed by atoms with van der Waals surface area (Å²) in [7, 11) is 0. The summed E-state index contributed by atoms with van der Waals surface area (Å²) in [5.74, 6) is 0. The molecule has 0 fully saturated rings. The van der Waals surface area contributed by atoms with Crippen molar-refractivity contribution in [2.45, 2.75) is 0 Å². The van der Waals surface area contributed by atoms with Gasteiger partial charge in [-0.05, 0) is 84.9 Å². The van der Waals surface area contributed by atoms with Crippen LogP contribution in [0.15, 0.2) is 158 Å². The number of fused-ring (bicyclic) bond motifs is 8. The molecule has 0 saturated heterocycles. The topological polar surface area (TPSA) is 17.8 Å². The van der Waals surface area contributed by atoms with Gasteiger partial charge in [-0.2, -0.15) is 0 Å². The summed E-state index contributed by atoms with van der Waals surface area (Å²) in [6.45, 7) is 0. The molecule has 1 aliphatic carbocycles. The lowest BCUT2D eigenvalue weighted by Crippen LogP contribution is -1.95. The van der Waals surface area contributed by atoms with Gasteiger partial charge in [-0.1, -0.05) is 121 Å². The van der Waals surface area contributed by atoms with Crippen LogP contribution in [0.5, 0.6) is 0 Å². The highest BCUT2D eigenvalue weighted by Crippen LogP contribution is 2.49. The molecule has 7 aromatic carbocycles. The van der Waals surface area contributed by atoms with E-state index in [-0.39, 0.29) is 0 Å². The van der Waals surface area contributed by atoms with Gasteiger partial charge in [0.2, 0.25) is 0 Å². The average molecular weight is 571 g/mol. The van der Waals surface area contributed by atoms with Gasteiger partial charge in [-0.3, -0.25) is 4.98 Å². The zero-order chi connectivity index (χ0) is 29.5. The number of para-hydroxylation sites is 1. The van der Waals surface area contributed by atoms with Gasteiger partial charge in [0.05, 0.1) is 11.0 Å². The van der Waals surface area contributed by atoms with Crippen LogP contribution in [0.2, 0.25) is 0 Å². The molecule has 2 heteroatoms. The van der Waals surface area contributed by atoms with Crippen molar-refractivity contribution in [3.63, 3.8) is 0 Å². The van der Waals surface area contributed by atoms with Crippen LogP contribution in [0.1, 0.15) is 0 Å². The van der Waals surface area contributed by atoms with E-state index in [2.05, 4.69) is 155 Å². The van der Waals surface area contributed by atoms with Crippen LogP contribution < -0.4 is 0 Å². The molecule has 0 amide bonds. The van der Waals surface area contributed by atoms with Crippen molar-refractivity contribution >= 4 is 43.4 Å². The maximum atomic E-state index is 4.28. The lowest BCUT2D eigenvalue weighted by Gasteiger charge is -2.14. The first-order chi connectivity index (χ1) is 22.3. The van der Waals surface area contributed by atoms with E-state index in [1.54, 1.807) is 0 Å². The van der Waals surface area contributed by atoms with Crippen LogP contribution in [0.4, 0.5) is 0 Å². The van der Waals surface area contributed by atoms with Gasteiger partial charge in [0.1, 0.15) is 0 Å². The fourth-order valence-electron chi connectivity index (χ4n) is 7.71. The first-order valence-electron chi connectivity index (χ1n) is 15.5. The molecule has 2 heterocycles. The molecule has 0 radical (unpaired) electrons. The molecule has 10 rings (SSSR count). The molecule has 0 atom stereocenters. The second-order valence-corrected chi connectivity index (χ2v) is 11.9. The molecule has 0 spiro atoms. The molecule has 45 heavy (non-hydrogen) atoms. The largest absolute Gasteiger partial charge is 0.309 e. The van der Waals surface area contributed by atoms with E-state index < -0.39 is 0 Å². The van der Waals surface area contributed by atoms with Crippen molar-refractivity contribution in [1.82, 2.24) is 9.55 Å². The lowest BCUT2D eigenvalue weighted by molar-refractivity contribution is 1.16. The van der Waals surface area contributed by atoms with Crippen molar-refractivity contribution in [3.05, 3.63) is 158 Å². The Hall–Kier alpha value is -5.99. The van der Waals surface area contributed by atoms with Gasteiger partial charge in [0, 0.05) is 34.2 Å². The second-order valence-electron chi connectivity index (χ2n) is 11.9. The first-order valence-corrected chi connectivity index (χ1v) is 15.5. The molecule has 208 valence electrons. The second kappa shape index (κ2) is 9.25. The first kappa shape index (κ1) is 24.5. The summed E-state index contributed by atoms with van der Waals surface area (Å²) < 4.78 is 2.38. The maximum Gasteiger partial charge on any atom is 0.0619 e. The summed E-state index contributed by atoms with van der Waals surface area (Å²) >= 11 is 0. The highest BCUT2D eigenvalue weighted by molar-refractivity contribution is 6.22. The molecule has 0 saturated carbocycles. The van der Waals surface area contributed by atoms with E-state index in [0.717, 1.165) is 5.69 Å². The van der Waals surface area contributed by atoms with Gasteiger partial charge in [0.25, 0.3) is 0 Å². The molecule has 2 aromatic heterocycles. The number of hydrogen-bond acceptors (Lipinski definition) is 1. The van der Waals surface area contributed by atoms with E-state index >= 15 is 0 Å². The van der Waals surface area contributed by atoms with Crippen LogP contribution >= 0.6 is 0 Å². The third-order valence-electron chi connectivity index (χ3n) is 9.65. The minimum atomic E-state index is 1.12. The zero-order valence-corrected chi connectivity index (χ0v) is 24.4. The monoisotopic (exact) mass is 570 g/mol. The third-order valence-corrected chi connectivity index (χ3v) is 9.65. The van der Waals surface area contributed by atoms with Crippen molar-refractivity contribution < 1.29 is 0 Å². The summed E-state index contributed by atoms with van der Waals surface area (Å²) in [5.41, 5.74) is 13.9. The molecular weight excluding hydrogens is 544 g/mol. The van der Waals surface area contributed by atoms with Gasteiger partial charge in [-0.25, -0.2) is 0 Å². The molecular formula is C43H26N2. The molecule has 2 nitrogen and oxygen atoms in total. The Labute approximate surface area is 260 Å². The molecule has 0 aliphatic heterocycles. The summed E-state index contributed by atoms with van der Waals surface area (Å²) in [6, 6.07) is 53.4. The quantitative estimate of drug-likeness (QED) is 0.207. The molecule has 1 aliphatic rings. The Balaban J connectivity index is 1.17. The molecule has 0 bridgehead atoms. The van der Waals surface area contributed by atoms with Crippen LogP contribution in [0, 0.1) is 0 Å². The van der Waals surface area contributed by atoms with Crippen molar-refractivity contribution in [2.24, 2.45) is 0 Å². The number of nitrogens with zero attached hydrogens (tertiary/aromatic N) is 2. The van der Waals surface area contributed by atoms with E-state index in [4.69, 9.17) is 0 Å². The van der Waals surface area contributed by atoms with Gasteiger partial charge in [0.15, 0.2) is 0 Å². The van der Waals surface area contributed by atoms with E-state index in [9.17, 15) is 0 Å². The van der Waals surface area contributed by atoms with E-state index in [0.29, 0.717) is 0 Å². The zero-order valence-electron chi connectivity index (χ0n) is 24.4. The molecule has 0 N–H and O–H groups in total. The van der Waals surface area contributed by atoms with Crippen LogP contribution in [-0.4, -0.2) is 9.55 Å². The van der Waals surface area contributed by atoms with Crippen molar-refractivity contribution in [3.8, 4) is 50.2 Å². The van der Waals surface area contributed by atoms with E-state index in [1.807, 2.05) is 12.4 Å². The summed E-state index contributed by atoms with van der Waals surface area (Å²) in [5, 5.41) is 7.68. The fraction of sp³-hybridized carbons (Fsp3) is 0. The SMILES string of the molecule is c1ccc2c(c1)-c1cccc3c(-c4ccc(-c5cc6c7ccccc7n(-c7ccncc7)c6c6ccccc56)cc4)ccc-2c13. The summed E-state index contributed by atoms with van der Waals surface area (Å²) in [4.78, 5) is 4.28. The Morgan fingerprint density at radius 2 is 0.956 bits per heavy atom. The molecule has 9 aromatic rings. The number of pyridine rings is 1. The number of benzene rings is 7. The van der Waals surface area contributed by atoms with Crippen LogP contribution in [0.3, 0.4) is 0 Å².